The Morgan fingerprint density at radius 3 is 2.81 bits per heavy atom. The third-order valence-corrected chi connectivity index (χ3v) is 5.58. The zero-order valence-electron chi connectivity index (χ0n) is 15.5. The second kappa shape index (κ2) is 8.53. The van der Waals surface area contributed by atoms with Gasteiger partial charge in [-0.05, 0) is 55.2 Å². The molecule has 1 amide bonds. The summed E-state index contributed by atoms with van der Waals surface area (Å²) in [4.78, 5) is 14.7. The van der Waals surface area contributed by atoms with Gasteiger partial charge in [0.15, 0.2) is 0 Å². The first-order valence-electron chi connectivity index (χ1n) is 9.06. The first kappa shape index (κ1) is 18.7. The van der Waals surface area contributed by atoms with E-state index in [9.17, 15) is 4.79 Å². The van der Waals surface area contributed by atoms with Crippen molar-refractivity contribution in [3.8, 4) is 11.4 Å². The Bertz CT molecular complexity index is 743. The molecule has 0 radical (unpaired) electrons. The van der Waals surface area contributed by atoms with E-state index in [-0.39, 0.29) is 11.2 Å². The van der Waals surface area contributed by atoms with Gasteiger partial charge in [0.2, 0.25) is 11.1 Å². The van der Waals surface area contributed by atoms with Gasteiger partial charge in [0, 0.05) is 13.1 Å². The SMILES string of the molecule is CCOc1ccccc1-n1nnnc1SC(C)C(=O)N1CCC(C)CC1. The van der Waals surface area contributed by atoms with E-state index >= 15 is 0 Å². The Morgan fingerprint density at radius 2 is 2.08 bits per heavy atom. The molecule has 0 bridgehead atoms. The van der Waals surface area contributed by atoms with Crippen molar-refractivity contribution < 1.29 is 9.53 Å². The molecule has 1 aromatic carbocycles. The van der Waals surface area contributed by atoms with Gasteiger partial charge in [-0.1, -0.05) is 30.8 Å². The smallest absolute Gasteiger partial charge is 0.235 e. The molecule has 0 N–H and O–H groups in total. The third-order valence-electron chi connectivity index (χ3n) is 4.56. The van der Waals surface area contributed by atoms with E-state index in [0.29, 0.717) is 23.4 Å². The average molecular weight is 375 g/mol. The van der Waals surface area contributed by atoms with Crippen LogP contribution in [0.4, 0.5) is 0 Å². The molecule has 0 saturated carbocycles. The molecule has 3 rings (SSSR count). The summed E-state index contributed by atoms with van der Waals surface area (Å²) < 4.78 is 7.31. The van der Waals surface area contributed by atoms with Crippen LogP contribution in [-0.4, -0.2) is 56.0 Å². The minimum atomic E-state index is -0.243. The van der Waals surface area contributed by atoms with E-state index in [4.69, 9.17) is 4.74 Å². The lowest BCUT2D eigenvalue weighted by atomic mass is 9.99. The van der Waals surface area contributed by atoms with Gasteiger partial charge in [-0.15, -0.1) is 5.10 Å². The molecule has 140 valence electrons. The van der Waals surface area contributed by atoms with Gasteiger partial charge in [-0.2, -0.15) is 4.68 Å². The molecular weight excluding hydrogens is 350 g/mol. The van der Waals surface area contributed by atoms with E-state index in [1.54, 1.807) is 4.68 Å². The number of thioether (sulfide) groups is 1. The van der Waals surface area contributed by atoms with Crippen LogP contribution in [-0.2, 0) is 4.79 Å². The van der Waals surface area contributed by atoms with Crippen molar-refractivity contribution in [1.82, 2.24) is 25.1 Å². The maximum absolute atomic E-state index is 12.8. The molecule has 1 aliphatic rings. The largest absolute Gasteiger partial charge is 0.492 e. The van der Waals surface area contributed by atoms with Crippen molar-refractivity contribution in [2.24, 2.45) is 5.92 Å². The van der Waals surface area contributed by atoms with Crippen LogP contribution in [0.5, 0.6) is 5.75 Å². The van der Waals surface area contributed by atoms with E-state index in [0.717, 1.165) is 31.6 Å². The number of ether oxygens (including phenoxy) is 1. The Hall–Kier alpha value is -2.09. The van der Waals surface area contributed by atoms with Crippen LogP contribution in [0, 0.1) is 5.92 Å². The fraction of sp³-hybridized carbons (Fsp3) is 0.556. The molecule has 1 unspecified atom stereocenters. The molecule has 26 heavy (non-hydrogen) atoms. The third kappa shape index (κ3) is 4.17. The van der Waals surface area contributed by atoms with Crippen LogP contribution in [0.2, 0.25) is 0 Å². The normalized spacial score (nSPS) is 16.5. The number of benzene rings is 1. The van der Waals surface area contributed by atoms with E-state index in [1.807, 2.05) is 43.0 Å². The highest BCUT2D eigenvalue weighted by Gasteiger charge is 2.27. The summed E-state index contributed by atoms with van der Waals surface area (Å²) in [6.45, 7) is 8.32. The van der Waals surface area contributed by atoms with Gasteiger partial charge >= 0.3 is 0 Å². The van der Waals surface area contributed by atoms with Crippen LogP contribution in [0.3, 0.4) is 0 Å². The average Bonchev–Trinajstić information content (AvgIpc) is 3.10. The Morgan fingerprint density at radius 1 is 1.35 bits per heavy atom. The summed E-state index contributed by atoms with van der Waals surface area (Å²) >= 11 is 1.38. The summed E-state index contributed by atoms with van der Waals surface area (Å²) in [7, 11) is 0. The summed E-state index contributed by atoms with van der Waals surface area (Å²) in [5, 5.41) is 12.3. The van der Waals surface area contributed by atoms with Crippen molar-refractivity contribution in [2.45, 2.75) is 44.0 Å². The molecule has 1 atom stereocenters. The molecule has 2 aromatic rings. The zero-order valence-corrected chi connectivity index (χ0v) is 16.3. The molecule has 1 saturated heterocycles. The summed E-state index contributed by atoms with van der Waals surface area (Å²) in [6, 6.07) is 7.62. The molecule has 1 fully saturated rings. The molecule has 2 heterocycles. The number of rotatable bonds is 6. The minimum absolute atomic E-state index is 0.148. The summed E-state index contributed by atoms with van der Waals surface area (Å²) in [5.74, 6) is 1.56. The summed E-state index contributed by atoms with van der Waals surface area (Å²) in [5.41, 5.74) is 0.772. The number of likely N-dealkylation sites (tertiary alicyclic amines) is 1. The van der Waals surface area contributed by atoms with Crippen LogP contribution in [0.1, 0.15) is 33.6 Å². The fourth-order valence-electron chi connectivity index (χ4n) is 3.01. The Kier molecular flexibility index (Phi) is 6.13. The number of para-hydroxylation sites is 2. The van der Waals surface area contributed by atoms with Crippen LogP contribution in [0.15, 0.2) is 29.4 Å². The standard InChI is InChI=1S/C18H25N5O2S/c1-4-25-16-8-6-5-7-15(16)23-18(19-20-21-23)26-14(3)17(24)22-11-9-13(2)10-12-22/h5-8,13-14H,4,9-12H2,1-3H3. The highest BCUT2D eigenvalue weighted by molar-refractivity contribution is 8.00. The lowest BCUT2D eigenvalue weighted by Gasteiger charge is -2.31. The number of piperidine rings is 1. The van der Waals surface area contributed by atoms with Crippen molar-refractivity contribution in [1.29, 1.82) is 0 Å². The number of aromatic nitrogens is 4. The molecule has 8 heteroatoms. The Labute approximate surface area is 158 Å². The lowest BCUT2D eigenvalue weighted by Crippen LogP contribution is -2.41. The Balaban J connectivity index is 1.74. The van der Waals surface area contributed by atoms with E-state index in [2.05, 4.69) is 22.4 Å². The number of amides is 1. The second-order valence-electron chi connectivity index (χ2n) is 6.54. The number of carbonyl (C=O) groups excluding carboxylic acids is 1. The van der Waals surface area contributed by atoms with Crippen molar-refractivity contribution in [3.05, 3.63) is 24.3 Å². The van der Waals surface area contributed by atoms with Crippen molar-refractivity contribution in [3.63, 3.8) is 0 Å². The van der Waals surface area contributed by atoms with Gasteiger partial charge in [-0.3, -0.25) is 4.79 Å². The topological polar surface area (TPSA) is 73.1 Å². The minimum Gasteiger partial charge on any atom is -0.492 e. The van der Waals surface area contributed by atoms with Crippen molar-refractivity contribution >= 4 is 17.7 Å². The molecule has 1 aromatic heterocycles. The fourth-order valence-corrected chi connectivity index (χ4v) is 3.89. The number of nitrogens with zero attached hydrogens (tertiary/aromatic N) is 5. The van der Waals surface area contributed by atoms with Crippen LogP contribution in [0.25, 0.3) is 5.69 Å². The molecular formula is C18H25N5O2S. The van der Waals surface area contributed by atoms with Gasteiger partial charge < -0.3 is 9.64 Å². The maximum atomic E-state index is 12.8. The summed E-state index contributed by atoms with van der Waals surface area (Å²) in [6.07, 6.45) is 2.14. The van der Waals surface area contributed by atoms with Crippen LogP contribution < -0.4 is 4.74 Å². The number of hydrogen-bond donors (Lipinski definition) is 0. The van der Waals surface area contributed by atoms with Crippen LogP contribution >= 0.6 is 11.8 Å². The number of hydrogen-bond acceptors (Lipinski definition) is 6. The van der Waals surface area contributed by atoms with Gasteiger partial charge in [0.05, 0.1) is 11.9 Å². The predicted molar refractivity (Wildman–Crippen MR) is 101 cm³/mol. The highest BCUT2D eigenvalue weighted by Crippen LogP contribution is 2.29. The molecule has 7 nitrogen and oxygen atoms in total. The number of carbonyl (C=O) groups is 1. The zero-order chi connectivity index (χ0) is 18.5. The monoisotopic (exact) mass is 375 g/mol. The lowest BCUT2D eigenvalue weighted by molar-refractivity contribution is -0.131. The predicted octanol–water partition coefficient (Wildman–Crippen LogP) is 2.80. The van der Waals surface area contributed by atoms with E-state index < -0.39 is 0 Å². The van der Waals surface area contributed by atoms with Gasteiger partial charge in [0.1, 0.15) is 11.4 Å². The molecule has 0 aliphatic carbocycles. The van der Waals surface area contributed by atoms with E-state index in [1.165, 1.54) is 11.8 Å². The number of tetrazole rings is 1. The first-order chi connectivity index (χ1) is 12.6. The molecule has 0 spiro atoms. The maximum Gasteiger partial charge on any atom is 0.235 e. The van der Waals surface area contributed by atoms with Gasteiger partial charge in [0.25, 0.3) is 0 Å². The highest BCUT2D eigenvalue weighted by atomic mass is 32.2. The van der Waals surface area contributed by atoms with Crippen molar-refractivity contribution in [2.75, 3.05) is 19.7 Å². The van der Waals surface area contributed by atoms with Gasteiger partial charge in [-0.25, -0.2) is 0 Å². The second-order valence-corrected chi connectivity index (χ2v) is 7.85. The first-order valence-corrected chi connectivity index (χ1v) is 9.94. The molecule has 1 aliphatic heterocycles. The quantitative estimate of drug-likeness (QED) is 0.723.